The quantitative estimate of drug-likeness (QED) is 0.732. The van der Waals surface area contributed by atoms with E-state index >= 15 is 0 Å². The van der Waals surface area contributed by atoms with Gasteiger partial charge in [0.1, 0.15) is 17.5 Å². The first-order valence-corrected chi connectivity index (χ1v) is 7.62. The number of hydrogen-bond acceptors (Lipinski definition) is 5. The van der Waals surface area contributed by atoms with Crippen LogP contribution in [0.2, 0.25) is 5.02 Å². The molecule has 0 aliphatic rings. The first-order chi connectivity index (χ1) is 10.7. The van der Waals surface area contributed by atoms with Gasteiger partial charge in [-0.15, -0.1) is 0 Å². The van der Waals surface area contributed by atoms with Gasteiger partial charge in [0.25, 0.3) is 0 Å². The van der Waals surface area contributed by atoms with Crippen molar-refractivity contribution in [3.8, 4) is 0 Å². The lowest BCUT2D eigenvalue weighted by Crippen LogP contribution is -2.12. The second-order valence-corrected chi connectivity index (χ2v) is 5.34. The molecular formula is C16H21ClN4O. The van der Waals surface area contributed by atoms with Crippen LogP contribution < -0.4 is 10.6 Å². The standard InChI is InChI=1S/C16H21ClN4O/c1-12-20-15(11-16(21-12)19-9-10-22-2)18-8-7-13-3-5-14(17)6-4-13/h3-6,11H,7-10H2,1-2H3,(H2,18,19,20,21). The lowest BCUT2D eigenvalue weighted by atomic mass is 10.1. The number of halogens is 1. The summed E-state index contributed by atoms with van der Waals surface area (Å²) in [4.78, 5) is 8.74. The molecule has 6 heteroatoms. The van der Waals surface area contributed by atoms with Crippen molar-refractivity contribution in [1.82, 2.24) is 9.97 Å². The fourth-order valence-corrected chi connectivity index (χ4v) is 2.14. The van der Waals surface area contributed by atoms with Gasteiger partial charge < -0.3 is 15.4 Å². The SMILES string of the molecule is COCCNc1cc(NCCc2ccc(Cl)cc2)nc(C)n1. The smallest absolute Gasteiger partial charge is 0.131 e. The van der Waals surface area contributed by atoms with Crippen LogP contribution in [0.15, 0.2) is 30.3 Å². The summed E-state index contributed by atoms with van der Waals surface area (Å²) < 4.78 is 5.02. The molecule has 2 N–H and O–H groups in total. The average molecular weight is 321 g/mol. The maximum absolute atomic E-state index is 5.88. The zero-order chi connectivity index (χ0) is 15.8. The second-order valence-electron chi connectivity index (χ2n) is 4.91. The van der Waals surface area contributed by atoms with Crippen LogP contribution in [0.1, 0.15) is 11.4 Å². The molecule has 0 aliphatic carbocycles. The fourth-order valence-electron chi connectivity index (χ4n) is 2.02. The van der Waals surface area contributed by atoms with E-state index in [1.165, 1.54) is 5.56 Å². The van der Waals surface area contributed by atoms with Crippen LogP contribution in [-0.2, 0) is 11.2 Å². The summed E-state index contributed by atoms with van der Waals surface area (Å²) in [5.74, 6) is 2.36. The molecule has 1 aromatic heterocycles. The summed E-state index contributed by atoms with van der Waals surface area (Å²) in [6.07, 6.45) is 0.909. The number of nitrogens with zero attached hydrogens (tertiary/aromatic N) is 2. The lowest BCUT2D eigenvalue weighted by Gasteiger charge is -2.10. The van der Waals surface area contributed by atoms with E-state index in [2.05, 4.69) is 20.6 Å². The average Bonchev–Trinajstić information content (AvgIpc) is 2.49. The molecule has 118 valence electrons. The molecule has 2 aromatic rings. The Bertz CT molecular complexity index is 589. The van der Waals surface area contributed by atoms with Gasteiger partial charge in [0.2, 0.25) is 0 Å². The molecule has 2 rings (SSSR count). The topological polar surface area (TPSA) is 59.1 Å². The Hall–Kier alpha value is -1.85. The van der Waals surface area contributed by atoms with Gasteiger partial charge in [-0.3, -0.25) is 0 Å². The van der Waals surface area contributed by atoms with Gasteiger partial charge in [0.05, 0.1) is 6.61 Å². The van der Waals surface area contributed by atoms with E-state index in [4.69, 9.17) is 16.3 Å². The first kappa shape index (κ1) is 16.5. The number of rotatable bonds is 8. The highest BCUT2D eigenvalue weighted by atomic mass is 35.5. The van der Waals surface area contributed by atoms with E-state index in [9.17, 15) is 0 Å². The van der Waals surface area contributed by atoms with E-state index in [1.807, 2.05) is 37.3 Å². The summed E-state index contributed by atoms with van der Waals surface area (Å²) in [5.41, 5.74) is 1.24. The Balaban J connectivity index is 1.87. The minimum Gasteiger partial charge on any atom is -0.383 e. The monoisotopic (exact) mass is 320 g/mol. The van der Waals surface area contributed by atoms with Gasteiger partial charge in [-0.05, 0) is 31.0 Å². The molecule has 1 aromatic carbocycles. The van der Waals surface area contributed by atoms with Gasteiger partial charge in [-0.2, -0.15) is 0 Å². The zero-order valence-corrected chi connectivity index (χ0v) is 13.7. The summed E-state index contributed by atoms with van der Waals surface area (Å²) in [6.45, 7) is 4.04. The highest BCUT2D eigenvalue weighted by Crippen LogP contribution is 2.12. The number of benzene rings is 1. The highest BCUT2D eigenvalue weighted by Gasteiger charge is 2.01. The predicted molar refractivity (Wildman–Crippen MR) is 90.8 cm³/mol. The predicted octanol–water partition coefficient (Wildman–Crippen LogP) is 3.15. The Morgan fingerprint density at radius 2 is 1.68 bits per heavy atom. The number of nitrogens with one attached hydrogen (secondary N) is 2. The summed E-state index contributed by atoms with van der Waals surface area (Å²) in [7, 11) is 1.68. The molecule has 5 nitrogen and oxygen atoms in total. The zero-order valence-electron chi connectivity index (χ0n) is 12.9. The van der Waals surface area contributed by atoms with Crippen molar-refractivity contribution < 1.29 is 4.74 Å². The Morgan fingerprint density at radius 3 is 2.32 bits per heavy atom. The van der Waals surface area contributed by atoms with E-state index in [0.29, 0.717) is 6.61 Å². The van der Waals surface area contributed by atoms with Gasteiger partial charge in [-0.1, -0.05) is 23.7 Å². The molecule has 1 heterocycles. The van der Waals surface area contributed by atoms with Crippen LogP contribution in [0, 0.1) is 6.92 Å². The largest absolute Gasteiger partial charge is 0.383 e. The van der Waals surface area contributed by atoms with Crippen molar-refractivity contribution >= 4 is 23.2 Å². The lowest BCUT2D eigenvalue weighted by molar-refractivity contribution is 0.210. The van der Waals surface area contributed by atoms with Gasteiger partial charge in [0, 0.05) is 31.3 Å². The van der Waals surface area contributed by atoms with Gasteiger partial charge >= 0.3 is 0 Å². The Morgan fingerprint density at radius 1 is 1.05 bits per heavy atom. The van der Waals surface area contributed by atoms with E-state index < -0.39 is 0 Å². The van der Waals surface area contributed by atoms with Crippen molar-refractivity contribution in [1.29, 1.82) is 0 Å². The van der Waals surface area contributed by atoms with E-state index in [-0.39, 0.29) is 0 Å². The maximum Gasteiger partial charge on any atom is 0.131 e. The molecule has 0 atom stereocenters. The Kier molecular flexibility index (Phi) is 6.43. The molecule has 0 amide bonds. The third kappa shape index (κ3) is 5.50. The number of aryl methyl sites for hydroxylation is 1. The summed E-state index contributed by atoms with van der Waals surface area (Å²) >= 11 is 5.88. The molecule has 0 aliphatic heterocycles. The van der Waals surface area contributed by atoms with Crippen LogP contribution in [0.5, 0.6) is 0 Å². The third-order valence-electron chi connectivity index (χ3n) is 3.08. The molecule has 22 heavy (non-hydrogen) atoms. The Labute approximate surface area is 136 Å². The normalized spacial score (nSPS) is 10.5. The van der Waals surface area contributed by atoms with E-state index in [0.717, 1.165) is 42.0 Å². The minimum absolute atomic E-state index is 0.641. The van der Waals surface area contributed by atoms with Crippen LogP contribution >= 0.6 is 11.6 Å². The second kappa shape index (κ2) is 8.56. The summed E-state index contributed by atoms with van der Waals surface area (Å²) in [6, 6.07) is 9.79. The summed E-state index contributed by atoms with van der Waals surface area (Å²) in [5, 5.41) is 7.29. The van der Waals surface area contributed by atoms with Crippen molar-refractivity contribution in [3.05, 3.63) is 46.7 Å². The molecule has 0 spiro atoms. The van der Waals surface area contributed by atoms with Crippen LogP contribution in [0.3, 0.4) is 0 Å². The molecule has 0 saturated carbocycles. The minimum atomic E-state index is 0.641. The van der Waals surface area contributed by atoms with E-state index in [1.54, 1.807) is 7.11 Å². The molecule has 0 saturated heterocycles. The highest BCUT2D eigenvalue weighted by molar-refractivity contribution is 6.30. The number of ether oxygens (including phenoxy) is 1. The van der Waals surface area contributed by atoms with Crippen molar-refractivity contribution in [2.45, 2.75) is 13.3 Å². The number of hydrogen-bond donors (Lipinski definition) is 2. The first-order valence-electron chi connectivity index (χ1n) is 7.24. The van der Waals surface area contributed by atoms with Crippen LogP contribution in [0.25, 0.3) is 0 Å². The molecule has 0 fully saturated rings. The van der Waals surface area contributed by atoms with Crippen LogP contribution in [-0.4, -0.2) is 36.8 Å². The molecular weight excluding hydrogens is 300 g/mol. The van der Waals surface area contributed by atoms with Gasteiger partial charge in [0.15, 0.2) is 0 Å². The molecule has 0 unspecified atom stereocenters. The third-order valence-corrected chi connectivity index (χ3v) is 3.34. The molecule has 0 bridgehead atoms. The number of methoxy groups -OCH3 is 1. The molecule has 0 radical (unpaired) electrons. The van der Waals surface area contributed by atoms with Crippen molar-refractivity contribution in [2.24, 2.45) is 0 Å². The number of anilines is 2. The number of aromatic nitrogens is 2. The van der Waals surface area contributed by atoms with Crippen molar-refractivity contribution in [3.63, 3.8) is 0 Å². The fraction of sp³-hybridized carbons (Fsp3) is 0.375. The van der Waals surface area contributed by atoms with Crippen molar-refractivity contribution in [2.75, 3.05) is 37.4 Å². The van der Waals surface area contributed by atoms with Gasteiger partial charge in [-0.25, -0.2) is 9.97 Å². The van der Waals surface area contributed by atoms with Crippen LogP contribution in [0.4, 0.5) is 11.6 Å². The maximum atomic E-state index is 5.88.